The van der Waals surface area contributed by atoms with Crippen LogP contribution in [0.2, 0.25) is 0 Å². The van der Waals surface area contributed by atoms with Gasteiger partial charge in [0.2, 0.25) is 5.78 Å². The maximum absolute atomic E-state index is 12.5. The Kier molecular flexibility index (Phi) is 8.33. The number of amides is 1. The predicted molar refractivity (Wildman–Crippen MR) is 90.0 cm³/mol. The van der Waals surface area contributed by atoms with Crippen molar-refractivity contribution in [2.45, 2.75) is 44.9 Å². The van der Waals surface area contributed by atoms with Crippen molar-refractivity contribution in [3.05, 3.63) is 23.7 Å². The number of ether oxygens (including phenoxy) is 2. The minimum atomic E-state index is -1.05. The molecule has 0 radical (unpaired) electrons. The molecule has 1 amide bonds. The first-order valence-corrected chi connectivity index (χ1v) is 8.00. The summed E-state index contributed by atoms with van der Waals surface area (Å²) in [4.78, 5) is 42.9. The molecule has 0 fully saturated rings. The van der Waals surface area contributed by atoms with Gasteiger partial charge in [0.1, 0.15) is 6.04 Å². The highest BCUT2D eigenvalue weighted by molar-refractivity contribution is 6.25. The average molecular weight is 365 g/mol. The summed E-state index contributed by atoms with van der Waals surface area (Å²) < 4.78 is 12.0. The van der Waals surface area contributed by atoms with E-state index in [2.05, 4.69) is 15.1 Å². The van der Waals surface area contributed by atoms with Gasteiger partial charge >= 0.3 is 12.2 Å². The van der Waals surface area contributed by atoms with E-state index in [1.807, 2.05) is 0 Å². The molecule has 26 heavy (non-hydrogen) atoms. The second-order valence-electron chi connectivity index (χ2n) is 5.88. The van der Waals surface area contributed by atoms with Crippen molar-refractivity contribution < 1.29 is 28.6 Å². The predicted octanol–water partition coefficient (Wildman–Crippen LogP) is 0.194. The van der Waals surface area contributed by atoms with Gasteiger partial charge in [-0.2, -0.15) is 4.79 Å². The highest BCUT2D eigenvalue weighted by Crippen LogP contribution is 2.15. The Bertz CT molecular complexity index is 693. The fourth-order valence-electron chi connectivity index (χ4n) is 2.16. The second-order valence-corrected chi connectivity index (χ2v) is 5.88. The summed E-state index contributed by atoms with van der Waals surface area (Å²) in [6.45, 7) is 3.35. The van der Waals surface area contributed by atoms with Gasteiger partial charge in [-0.05, 0) is 20.3 Å². The average Bonchev–Trinajstić information content (AvgIpc) is 2.97. The van der Waals surface area contributed by atoms with Crippen molar-refractivity contribution in [3.63, 3.8) is 0 Å². The Labute approximate surface area is 151 Å². The molecule has 0 aromatic carbocycles. The van der Waals surface area contributed by atoms with E-state index in [9.17, 15) is 14.4 Å². The molecule has 1 aromatic rings. The molecule has 0 bridgehead atoms. The topological polar surface area (TPSA) is 136 Å². The number of hydrogen-bond acceptors (Lipinski definition) is 6. The molecule has 0 aliphatic rings. The van der Waals surface area contributed by atoms with Crippen molar-refractivity contribution in [2.75, 3.05) is 7.11 Å². The molecule has 0 saturated carbocycles. The van der Waals surface area contributed by atoms with Gasteiger partial charge in [-0.15, -0.1) is 0 Å². The SMILES string of the molecule is CO[C@H](C(=O)N[C@@H](CCC(=O)C=[N+]=[N-])C(=O)OC(C)C)c1cn(C)cn1. The van der Waals surface area contributed by atoms with Gasteiger partial charge in [0.05, 0.1) is 18.1 Å². The van der Waals surface area contributed by atoms with Crippen molar-refractivity contribution in [3.8, 4) is 0 Å². The van der Waals surface area contributed by atoms with Gasteiger partial charge in [0.15, 0.2) is 6.10 Å². The number of nitrogens with zero attached hydrogens (tertiary/aromatic N) is 4. The summed E-state index contributed by atoms with van der Waals surface area (Å²) in [5.41, 5.74) is 8.75. The number of carbonyl (C=O) groups is 3. The van der Waals surface area contributed by atoms with Crippen LogP contribution in [0.25, 0.3) is 5.53 Å². The smallest absolute Gasteiger partial charge is 0.328 e. The molecule has 2 atom stereocenters. The lowest BCUT2D eigenvalue weighted by Gasteiger charge is -2.21. The summed E-state index contributed by atoms with van der Waals surface area (Å²) in [5, 5.41) is 2.53. The minimum absolute atomic E-state index is 0.0131. The van der Waals surface area contributed by atoms with Crippen molar-refractivity contribution in [2.24, 2.45) is 7.05 Å². The number of Topliss-reactive ketones (excluding diaryl/α,β-unsaturated/α-hetero) is 1. The maximum Gasteiger partial charge on any atom is 0.328 e. The third-order valence-electron chi connectivity index (χ3n) is 3.30. The molecule has 0 spiro atoms. The highest BCUT2D eigenvalue weighted by Gasteiger charge is 2.29. The Hall–Kier alpha value is -2.84. The number of carbonyl (C=O) groups excluding carboxylic acids is 3. The second kappa shape index (κ2) is 10.2. The van der Waals surface area contributed by atoms with E-state index in [-0.39, 0.29) is 18.9 Å². The molecule has 1 aromatic heterocycles. The van der Waals surface area contributed by atoms with Gasteiger partial charge in [0, 0.05) is 26.8 Å². The Morgan fingerprint density at radius 2 is 2.12 bits per heavy atom. The van der Waals surface area contributed by atoms with E-state index in [4.69, 9.17) is 15.0 Å². The number of rotatable bonds is 10. The molecule has 10 heteroatoms. The quantitative estimate of drug-likeness (QED) is 0.272. The van der Waals surface area contributed by atoms with Gasteiger partial charge in [0.25, 0.3) is 5.91 Å². The van der Waals surface area contributed by atoms with Crippen molar-refractivity contribution in [1.29, 1.82) is 0 Å². The van der Waals surface area contributed by atoms with Crippen molar-refractivity contribution in [1.82, 2.24) is 14.9 Å². The van der Waals surface area contributed by atoms with Gasteiger partial charge in [-0.25, -0.2) is 9.78 Å². The number of imidazole rings is 1. The van der Waals surface area contributed by atoms with E-state index in [0.29, 0.717) is 5.69 Å². The number of aryl methyl sites for hydroxylation is 1. The number of ketones is 1. The molecule has 0 aliphatic heterocycles. The summed E-state index contributed by atoms with van der Waals surface area (Å²) in [5.74, 6) is -1.74. The summed E-state index contributed by atoms with van der Waals surface area (Å²) in [6.07, 6.45) is 2.36. The summed E-state index contributed by atoms with van der Waals surface area (Å²) in [7, 11) is 3.10. The molecule has 0 saturated heterocycles. The number of aromatic nitrogens is 2. The van der Waals surface area contributed by atoms with E-state index < -0.39 is 29.8 Å². The van der Waals surface area contributed by atoms with Crippen molar-refractivity contribution >= 4 is 23.9 Å². The normalized spacial score (nSPS) is 12.8. The zero-order valence-electron chi connectivity index (χ0n) is 15.2. The lowest BCUT2D eigenvalue weighted by Crippen LogP contribution is -2.45. The standard InChI is InChI=1S/C16H23N5O5/c1-10(2)26-16(24)12(6-5-11(22)7-19-17)20-15(23)14(25-4)13-8-21(3)9-18-13/h7-10,12,14H,5-6H2,1-4H3,(H,20,23)/t12-,14-/m0/s1. The van der Waals surface area contributed by atoms with Crippen LogP contribution in [-0.2, 0) is 30.9 Å². The molecular formula is C16H23N5O5. The molecule has 142 valence electrons. The summed E-state index contributed by atoms with van der Waals surface area (Å²) >= 11 is 0. The minimum Gasteiger partial charge on any atom is -0.461 e. The Balaban J connectivity index is 2.87. The Morgan fingerprint density at radius 1 is 1.42 bits per heavy atom. The summed E-state index contributed by atoms with van der Waals surface area (Å²) in [6, 6.07) is -1.05. The fraction of sp³-hybridized carbons (Fsp3) is 0.562. The van der Waals surface area contributed by atoms with Crippen LogP contribution in [0, 0.1) is 0 Å². The lowest BCUT2D eigenvalue weighted by molar-refractivity contribution is -0.153. The molecule has 1 N–H and O–H groups in total. The van der Waals surface area contributed by atoms with E-state index in [0.717, 1.165) is 6.21 Å². The number of esters is 1. The third-order valence-corrected chi connectivity index (χ3v) is 3.30. The molecular weight excluding hydrogens is 342 g/mol. The van der Waals surface area contributed by atoms with Crippen LogP contribution in [-0.4, -0.2) is 57.5 Å². The van der Waals surface area contributed by atoms with E-state index in [1.54, 1.807) is 31.7 Å². The van der Waals surface area contributed by atoms with Crippen LogP contribution in [0.15, 0.2) is 12.5 Å². The third kappa shape index (κ3) is 6.58. The van der Waals surface area contributed by atoms with Crippen LogP contribution < -0.4 is 5.32 Å². The monoisotopic (exact) mass is 365 g/mol. The van der Waals surface area contributed by atoms with Gasteiger partial charge in [-0.3, -0.25) is 9.59 Å². The first-order chi connectivity index (χ1) is 12.3. The van der Waals surface area contributed by atoms with Crippen LogP contribution in [0.3, 0.4) is 0 Å². The van der Waals surface area contributed by atoms with Gasteiger partial charge in [-0.1, -0.05) is 0 Å². The van der Waals surface area contributed by atoms with E-state index in [1.165, 1.54) is 13.4 Å². The Morgan fingerprint density at radius 3 is 2.62 bits per heavy atom. The van der Waals surface area contributed by atoms with E-state index >= 15 is 0 Å². The zero-order valence-corrected chi connectivity index (χ0v) is 15.2. The van der Waals surface area contributed by atoms with Crippen LogP contribution >= 0.6 is 0 Å². The van der Waals surface area contributed by atoms with Crippen LogP contribution in [0.1, 0.15) is 38.5 Å². The molecule has 0 unspecified atom stereocenters. The molecule has 10 nitrogen and oxygen atoms in total. The first kappa shape index (κ1) is 21.2. The lowest BCUT2D eigenvalue weighted by atomic mass is 10.1. The maximum atomic E-state index is 12.5. The fourth-order valence-corrected chi connectivity index (χ4v) is 2.16. The number of nitrogens with one attached hydrogen (secondary N) is 1. The highest BCUT2D eigenvalue weighted by atomic mass is 16.5. The molecule has 1 rings (SSSR count). The van der Waals surface area contributed by atoms with Crippen LogP contribution in [0.4, 0.5) is 0 Å². The molecule has 0 aliphatic carbocycles. The first-order valence-electron chi connectivity index (χ1n) is 8.00. The number of hydrogen-bond donors (Lipinski definition) is 1. The molecule has 1 heterocycles. The zero-order chi connectivity index (χ0) is 19.7. The van der Waals surface area contributed by atoms with Gasteiger partial charge < -0.3 is 24.9 Å². The van der Waals surface area contributed by atoms with Crippen LogP contribution in [0.5, 0.6) is 0 Å². The number of methoxy groups -OCH3 is 1. The largest absolute Gasteiger partial charge is 0.461 e.